The average Bonchev–Trinajstić information content (AvgIpc) is 2.72. The zero-order valence-electron chi connectivity index (χ0n) is 15.8. The van der Waals surface area contributed by atoms with Gasteiger partial charge in [0.05, 0.1) is 11.3 Å². The van der Waals surface area contributed by atoms with Crippen LogP contribution < -0.4 is 10.6 Å². The van der Waals surface area contributed by atoms with Crippen molar-refractivity contribution >= 4 is 46.1 Å². The number of hydrogen-bond donors (Lipinski definition) is 3. The highest BCUT2D eigenvalue weighted by atomic mass is 32.2. The molecular weight excluding hydrogens is 411 g/mol. The highest BCUT2D eigenvalue weighted by molar-refractivity contribution is 8.15. The van der Waals surface area contributed by atoms with Gasteiger partial charge in [0.2, 0.25) is 11.8 Å². The van der Waals surface area contributed by atoms with Crippen LogP contribution in [0.2, 0.25) is 0 Å². The summed E-state index contributed by atoms with van der Waals surface area (Å²) < 4.78 is 13.0. The summed E-state index contributed by atoms with van der Waals surface area (Å²) in [5.74, 6) is -2.21. The zero-order valence-corrected chi connectivity index (χ0v) is 16.6. The molecule has 0 aromatic heterocycles. The van der Waals surface area contributed by atoms with Gasteiger partial charge in [0.1, 0.15) is 11.1 Å². The second-order valence-electron chi connectivity index (χ2n) is 6.33. The van der Waals surface area contributed by atoms with E-state index in [1.165, 1.54) is 36.4 Å². The molecule has 0 saturated carbocycles. The van der Waals surface area contributed by atoms with Crippen molar-refractivity contribution in [2.75, 3.05) is 5.32 Å². The summed E-state index contributed by atoms with van der Waals surface area (Å²) in [5, 5.41) is 21.6. The molecular formula is C20H17FN4O4S. The van der Waals surface area contributed by atoms with Crippen molar-refractivity contribution in [1.82, 2.24) is 5.32 Å². The first-order valence-electron chi connectivity index (χ1n) is 8.81. The number of amidine groups is 1. The third kappa shape index (κ3) is 5.51. The highest BCUT2D eigenvalue weighted by Gasteiger charge is 2.30. The average molecular weight is 428 g/mol. The first-order chi connectivity index (χ1) is 14.3. The van der Waals surface area contributed by atoms with Crippen LogP contribution in [0.5, 0.6) is 0 Å². The minimum atomic E-state index is -1.07. The molecule has 1 atom stereocenters. The summed E-state index contributed by atoms with van der Waals surface area (Å²) >= 11 is 1.06. The lowest BCUT2D eigenvalue weighted by molar-refractivity contribution is -0.123. The van der Waals surface area contributed by atoms with Gasteiger partial charge in [-0.1, -0.05) is 23.9 Å². The number of nitrogens with zero attached hydrogens (tertiary/aromatic N) is 2. The third-order valence-electron chi connectivity index (χ3n) is 4.12. The first-order valence-corrected chi connectivity index (χ1v) is 9.68. The van der Waals surface area contributed by atoms with Gasteiger partial charge in [-0.05, 0) is 48.9 Å². The molecule has 30 heavy (non-hydrogen) atoms. The molecule has 1 saturated heterocycles. The second-order valence-corrected chi connectivity index (χ2v) is 7.52. The van der Waals surface area contributed by atoms with Crippen LogP contribution in [0.15, 0.2) is 58.7 Å². The van der Waals surface area contributed by atoms with Crippen molar-refractivity contribution in [3.05, 3.63) is 65.5 Å². The van der Waals surface area contributed by atoms with Crippen molar-refractivity contribution in [2.24, 2.45) is 10.2 Å². The Labute approximate surface area is 175 Å². The summed E-state index contributed by atoms with van der Waals surface area (Å²) in [6.07, 6.45) is -0.0383. The lowest BCUT2D eigenvalue weighted by Crippen LogP contribution is -2.41. The molecule has 3 N–H and O–H groups in total. The maximum Gasteiger partial charge on any atom is 0.335 e. The van der Waals surface area contributed by atoms with E-state index in [0.717, 1.165) is 11.8 Å². The van der Waals surface area contributed by atoms with Gasteiger partial charge in [-0.2, -0.15) is 5.10 Å². The number of anilines is 1. The Morgan fingerprint density at radius 1 is 1.13 bits per heavy atom. The van der Waals surface area contributed by atoms with Gasteiger partial charge < -0.3 is 15.7 Å². The van der Waals surface area contributed by atoms with Crippen molar-refractivity contribution < 1.29 is 23.9 Å². The molecule has 1 fully saturated rings. The molecule has 0 aliphatic carbocycles. The molecule has 0 bridgehead atoms. The molecule has 10 heteroatoms. The Morgan fingerprint density at radius 2 is 1.77 bits per heavy atom. The van der Waals surface area contributed by atoms with Gasteiger partial charge >= 0.3 is 5.97 Å². The fourth-order valence-electron chi connectivity index (χ4n) is 2.53. The molecule has 0 radical (unpaired) electrons. The quantitative estimate of drug-likeness (QED) is 0.500. The number of thioether (sulfide) groups is 1. The molecule has 1 unspecified atom stereocenters. The molecule has 1 aliphatic rings. The Bertz CT molecular complexity index is 1040. The second kappa shape index (κ2) is 9.31. The van der Waals surface area contributed by atoms with E-state index in [1.54, 1.807) is 19.1 Å². The molecule has 154 valence electrons. The summed E-state index contributed by atoms with van der Waals surface area (Å²) in [7, 11) is 0. The van der Waals surface area contributed by atoms with E-state index in [-0.39, 0.29) is 28.9 Å². The molecule has 8 nitrogen and oxygen atoms in total. The number of carbonyl (C=O) groups is 3. The van der Waals surface area contributed by atoms with Gasteiger partial charge in [-0.3, -0.25) is 9.59 Å². The van der Waals surface area contributed by atoms with E-state index in [0.29, 0.717) is 17.0 Å². The van der Waals surface area contributed by atoms with Crippen LogP contribution in [0.3, 0.4) is 0 Å². The van der Waals surface area contributed by atoms with Crippen LogP contribution in [-0.2, 0) is 9.59 Å². The Morgan fingerprint density at radius 3 is 2.40 bits per heavy atom. The molecule has 1 heterocycles. The van der Waals surface area contributed by atoms with Gasteiger partial charge in [-0.15, -0.1) is 5.10 Å². The minimum absolute atomic E-state index is 0.0383. The fraction of sp³-hybridized carbons (Fsp3) is 0.150. The van der Waals surface area contributed by atoms with Gasteiger partial charge in [0.15, 0.2) is 5.17 Å². The number of halogens is 1. The fourth-order valence-corrected chi connectivity index (χ4v) is 3.46. The number of carbonyl (C=O) groups excluding carboxylic acids is 2. The number of hydrogen-bond acceptors (Lipinski definition) is 6. The lowest BCUT2D eigenvalue weighted by atomic mass is 10.1. The van der Waals surface area contributed by atoms with Gasteiger partial charge in [0.25, 0.3) is 0 Å². The van der Waals surface area contributed by atoms with E-state index >= 15 is 0 Å². The highest BCUT2D eigenvalue weighted by Crippen LogP contribution is 2.23. The van der Waals surface area contributed by atoms with E-state index < -0.39 is 17.1 Å². The summed E-state index contributed by atoms with van der Waals surface area (Å²) in [4.78, 5) is 35.4. The number of benzene rings is 2. The standard InChI is InChI=1S/C20H17FN4O4S/c1-11(12-2-6-14(21)7-3-12)24-25-20-23-17(26)10-16(30-20)18(27)22-15-8-4-13(5-9-15)19(28)29/h2-9,16H,10H2,1H3,(H,22,27)(H,28,29)(H,23,25,26)/b24-11+. The number of aromatic carboxylic acids is 1. The number of carboxylic acids is 1. The SMILES string of the molecule is C/C(=N\N=C1/NC(=O)CC(C(=O)Nc2ccc(C(=O)O)cc2)S1)c1ccc(F)cc1. The molecule has 1 aliphatic heterocycles. The van der Waals surface area contributed by atoms with Gasteiger partial charge in [0, 0.05) is 12.1 Å². The van der Waals surface area contributed by atoms with Crippen molar-refractivity contribution in [3.8, 4) is 0 Å². The third-order valence-corrected chi connectivity index (χ3v) is 5.19. The van der Waals surface area contributed by atoms with Crippen LogP contribution in [-0.4, -0.2) is 39.0 Å². The first kappa shape index (κ1) is 21.2. The van der Waals surface area contributed by atoms with Crippen LogP contribution in [0.25, 0.3) is 0 Å². The van der Waals surface area contributed by atoms with Crippen LogP contribution in [0, 0.1) is 5.82 Å². The summed E-state index contributed by atoms with van der Waals surface area (Å²) in [6, 6.07) is 11.4. The molecule has 0 spiro atoms. The minimum Gasteiger partial charge on any atom is -0.478 e. The largest absolute Gasteiger partial charge is 0.478 e. The Balaban J connectivity index is 1.68. The van der Waals surface area contributed by atoms with E-state index in [1.807, 2.05) is 0 Å². The summed E-state index contributed by atoms with van der Waals surface area (Å²) in [6.45, 7) is 1.69. The van der Waals surface area contributed by atoms with Crippen LogP contribution >= 0.6 is 11.8 Å². The van der Waals surface area contributed by atoms with E-state index in [4.69, 9.17) is 5.11 Å². The lowest BCUT2D eigenvalue weighted by Gasteiger charge is -2.21. The number of amides is 2. The van der Waals surface area contributed by atoms with Crippen LogP contribution in [0.4, 0.5) is 10.1 Å². The Hall–Kier alpha value is -3.53. The zero-order chi connectivity index (χ0) is 21.7. The predicted molar refractivity (Wildman–Crippen MR) is 112 cm³/mol. The van der Waals surface area contributed by atoms with Crippen molar-refractivity contribution in [3.63, 3.8) is 0 Å². The molecule has 3 rings (SSSR count). The monoisotopic (exact) mass is 428 g/mol. The number of nitrogens with one attached hydrogen (secondary N) is 2. The van der Waals surface area contributed by atoms with E-state index in [9.17, 15) is 18.8 Å². The molecule has 2 aromatic rings. The smallest absolute Gasteiger partial charge is 0.335 e. The van der Waals surface area contributed by atoms with E-state index in [2.05, 4.69) is 20.8 Å². The molecule has 2 amide bonds. The predicted octanol–water partition coefficient (Wildman–Crippen LogP) is 2.86. The summed E-state index contributed by atoms with van der Waals surface area (Å²) in [5.41, 5.74) is 1.71. The number of rotatable bonds is 5. The van der Waals surface area contributed by atoms with Crippen molar-refractivity contribution in [2.45, 2.75) is 18.6 Å². The van der Waals surface area contributed by atoms with Crippen molar-refractivity contribution in [1.29, 1.82) is 0 Å². The van der Waals surface area contributed by atoms with Crippen LogP contribution in [0.1, 0.15) is 29.3 Å². The molecule has 2 aromatic carbocycles. The maximum atomic E-state index is 13.0. The topological polar surface area (TPSA) is 120 Å². The maximum absolute atomic E-state index is 13.0. The van der Waals surface area contributed by atoms with Gasteiger partial charge in [-0.25, -0.2) is 9.18 Å². The number of carboxylic acid groups (broad SMARTS) is 1. The normalized spacial score (nSPS) is 18.1. The Kier molecular flexibility index (Phi) is 6.58.